The van der Waals surface area contributed by atoms with E-state index in [9.17, 15) is 0 Å². The topological polar surface area (TPSA) is 56.3 Å². The number of aromatic nitrogens is 2. The van der Waals surface area contributed by atoms with E-state index in [0.717, 1.165) is 29.6 Å². The van der Waals surface area contributed by atoms with E-state index >= 15 is 0 Å². The second-order valence-corrected chi connectivity index (χ2v) is 4.41. The van der Waals surface area contributed by atoms with Crippen LogP contribution in [0.4, 0.5) is 5.82 Å². The van der Waals surface area contributed by atoms with Crippen molar-refractivity contribution in [2.45, 2.75) is 18.4 Å². The predicted molar refractivity (Wildman–Crippen MR) is 70.0 cm³/mol. The summed E-state index contributed by atoms with van der Waals surface area (Å²) in [6.45, 7) is 3.67. The number of nitrogens with one attached hydrogen (secondary N) is 1. The number of methoxy groups -OCH3 is 2. The van der Waals surface area contributed by atoms with Gasteiger partial charge in [-0.1, -0.05) is 6.92 Å². The number of thioether (sulfide) groups is 1. The summed E-state index contributed by atoms with van der Waals surface area (Å²) in [7, 11) is 3.32. The molecule has 0 spiro atoms. The molecule has 0 atom stereocenters. The number of anilines is 1. The second kappa shape index (κ2) is 8.14. The summed E-state index contributed by atoms with van der Waals surface area (Å²) >= 11 is 1.60. The van der Waals surface area contributed by atoms with Gasteiger partial charge >= 0.3 is 0 Å². The molecule has 0 unspecified atom stereocenters. The van der Waals surface area contributed by atoms with Gasteiger partial charge in [0.1, 0.15) is 11.4 Å². The van der Waals surface area contributed by atoms with E-state index in [2.05, 4.69) is 22.2 Å². The van der Waals surface area contributed by atoms with Crippen LogP contribution in [-0.2, 0) is 4.74 Å². The zero-order valence-corrected chi connectivity index (χ0v) is 11.3. The molecule has 0 aliphatic heterocycles. The Labute approximate surface area is 106 Å². The van der Waals surface area contributed by atoms with Crippen LogP contribution < -0.4 is 10.1 Å². The minimum atomic E-state index is 0.690. The van der Waals surface area contributed by atoms with Crippen molar-refractivity contribution in [3.05, 3.63) is 6.33 Å². The predicted octanol–water partition coefficient (Wildman–Crippen LogP) is 2.05. The molecule has 0 saturated carbocycles. The molecule has 1 aromatic rings. The highest BCUT2D eigenvalue weighted by molar-refractivity contribution is 7.99. The molecule has 6 heteroatoms. The molecule has 0 fully saturated rings. The van der Waals surface area contributed by atoms with Crippen LogP contribution >= 0.6 is 11.8 Å². The van der Waals surface area contributed by atoms with E-state index < -0.39 is 0 Å². The first-order valence-corrected chi connectivity index (χ1v) is 6.56. The lowest BCUT2D eigenvalue weighted by Gasteiger charge is -2.12. The van der Waals surface area contributed by atoms with Gasteiger partial charge in [-0.2, -0.15) is 0 Å². The molecule has 1 rings (SSSR count). The van der Waals surface area contributed by atoms with E-state index in [4.69, 9.17) is 9.47 Å². The lowest BCUT2D eigenvalue weighted by molar-refractivity contribution is 0.218. The Kier molecular flexibility index (Phi) is 6.73. The molecule has 1 N–H and O–H groups in total. The van der Waals surface area contributed by atoms with E-state index in [-0.39, 0.29) is 0 Å². The molecule has 0 bridgehead atoms. The Hall–Kier alpha value is -1.01. The maximum atomic E-state index is 5.36. The summed E-state index contributed by atoms with van der Waals surface area (Å²) in [4.78, 5) is 8.41. The molecule has 96 valence electrons. The van der Waals surface area contributed by atoms with E-state index in [1.807, 2.05) is 0 Å². The Balaban J connectivity index is 2.74. The quantitative estimate of drug-likeness (QED) is 0.437. The number of hydrogen-bond acceptors (Lipinski definition) is 6. The largest absolute Gasteiger partial charge is 0.490 e. The number of rotatable bonds is 8. The molecular weight excluding hydrogens is 238 g/mol. The first kappa shape index (κ1) is 14.1. The van der Waals surface area contributed by atoms with Crippen LogP contribution in [0.1, 0.15) is 13.3 Å². The zero-order valence-electron chi connectivity index (χ0n) is 10.5. The molecule has 1 heterocycles. The zero-order chi connectivity index (χ0) is 12.5. The monoisotopic (exact) mass is 257 g/mol. The third kappa shape index (κ3) is 4.40. The van der Waals surface area contributed by atoms with Gasteiger partial charge in [-0.25, -0.2) is 9.97 Å². The fourth-order valence-corrected chi connectivity index (χ4v) is 2.11. The van der Waals surface area contributed by atoms with Crippen LogP contribution in [0.5, 0.6) is 5.75 Å². The normalized spacial score (nSPS) is 10.3. The molecule has 1 aromatic heterocycles. The summed E-state index contributed by atoms with van der Waals surface area (Å²) in [5.41, 5.74) is 0. The first-order chi connectivity index (χ1) is 8.33. The van der Waals surface area contributed by atoms with Gasteiger partial charge in [0.2, 0.25) is 0 Å². The van der Waals surface area contributed by atoms with Crippen molar-refractivity contribution in [2.24, 2.45) is 0 Å². The first-order valence-electron chi connectivity index (χ1n) is 5.58. The highest BCUT2D eigenvalue weighted by Gasteiger charge is 2.11. The average Bonchev–Trinajstić information content (AvgIpc) is 2.36. The maximum Gasteiger partial charge on any atom is 0.193 e. The Morgan fingerprint density at radius 1 is 1.35 bits per heavy atom. The third-order valence-electron chi connectivity index (χ3n) is 2.04. The third-order valence-corrected chi connectivity index (χ3v) is 2.98. The van der Waals surface area contributed by atoms with Crippen LogP contribution in [0.15, 0.2) is 11.4 Å². The van der Waals surface area contributed by atoms with Gasteiger partial charge in [-0.3, -0.25) is 0 Å². The number of nitrogens with zero attached hydrogens (tertiary/aromatic N) is 2. The summed E-state index contributed by atoms with van der Waals surface area (Å²) in [5.74, 6) is 2.31. The Morgan fingerprint density at radius 3 is 2.82 bits per heavy atom. The standard InChI is InChI=1S/C11H19N3O2S/c1-4-5-12-10-9(16-3)11(14-8-13-10)17-7-6-15-2/h8H,4-7H2,1-3H3,(H,12,13,14). The van der Waals surface area contributed by atoms with Gasteiger partial charge in [0.25, 0.3) is 0 Å². The summed E-state index contributed by atoms with van der Waals surface area (Å²) in [5, 5.41) is 4.07. The fraction of sp³-hybridized carbons (Fsp3) is 0.636. The van der Waals surface area contributed by atoms with Crippen molar-refractivity contribution in [2.75, 3.05) is 38.4 Å². The molecule has 5 nitrogen and oxygen atoms in total. The fourth-order valence-electron chi connectivity index (χ4n) is 1.24. The summed E-state index contributed by atoms with van der Waals surface area (Å²) in [6.07, 6.45) is 2.59. The molecule has 0 saturated heterocycles. The van der Waals surface area contributed by atoms with E-state index in [1.165, 1.54) is 0 Å². The van der Waals surface area contributed by atoms with E-state index in [0.29, 0.717) is 12.4 Å². The van der Waals surface area contributed by atoms with Gasteiger partial charge in [-0.15, -0.1) is 11.8 Å². The van der Waals surface area contributed by atoms with Gasteiger partial charge in [0.15, 0.2) is 11.6 Å². The molecule has 0 amide bonds. The molecule has 0 aromatic carbocycles. The van der Waals surface area contributed by atoms with Crippen molar-refractivity contribution < 1.29 is 9.47 Å². The second-order valence-electron chi connectivity index (χ2n) is 3.33. The molecule has 0 radical (unpaired) electrons. The van der Waals surface area contributed by atoms with Crippen molar-refractivity contribution in [3.8, 4) is 5.75 Å². The molecular formula is C11H19N3O2S. The highest BCUT2D eigenvalue weighted by Crippen LogP contribution is 2.32. The minimum Gasteiger partial charge on any atom is -0.490 e. The average molecular weight is 257 g/mol. The van der Waals surface area contributed by atoms with Gasteiger partial charge in [0.05, 0.1) is 13.7 Å². The highest BCUT2D eigenvalue weighted by atomic mass is 32.2. The van der Waals surface area contributed by atoms with Crippen LogP contribution in [0.25, 0.3) is 0 Å². The number of ether oxygens (including phenoxy) is 2. The lowest BCUT2D eigenvalue weighted by Crippen LogP contribution is -2.06. The van der Waals surface area contributed by atoms with Crippen LogP contribution in [0, 0.1) is 0 Å². The molecule has 0 aliphatic rings. The van der Waals surface area contributed by atoms with Crippen molar-refractivity contribution in [3.63, 3.8) is 0 Å². The van der Waals surface area contributed by atoms with Crippen molar-refractivity contribution in [1.82, 2.24) is 9.97 Å². The molecule has 0 aliphatic carbocycles. The summed E-state index contributed by atoms with van der Waals surface area (Å²) in [6, 6.07) is 0. The van der Waals surface area contributed by atoms with Crippen LogP contribution in [0.3, 0.4) is 0 Å². The smallest absolute Gasteiger partial charge is 0.193 e. The SMILES string of the molecule is CCCNc1ncnc(SCCOC)c1OC. The van der Waals surface area contributed by atoms with Gasteiger partial charge in [0, 0.05) is 19.4 Å². The maximum absolute atomic E-state index is 5.36. The minimum absolute atomic E-state index is 0.690. The number of hydrogen-bond donors (Lipinski definition) is 1. The van der Waals surface area contributed by atoms with Gasteiger partial charge in [-0.05, 0) is 6.42 Å². The Morgan fingerprint density at radius 2 is 2.18 bits per heavy atom. The van der Waals surface area contributed by atoms with Crippen LogP contribution in [-0.4, -0.2) is 43.1 Å². The lowest BCUT2D eigenvalue weighted by atomic mass is 10.4. The van der Waals surface area contributed by atoms with Crippen molar-refractivity contribution >= 4 is 17.6 Å². The summed E-state index contributed by atoms with van der Waals surface area (Å²) < 4.78 is 10.4. The molecule has 17 heavy (non-hydrogen) atoms. The van der Waals surface area contributed by atoms with Crippen molar-refractivity contribution in [1.29, 1.82) is 0 Å². The van der Waals surface area contributed by atoms with Crippen LogP contribution in [0.2, 0.25) is 0 Å². The van der Waals surface area contributed by atoms with Gasteiger partial charge < -0.3 is 14.8 Å². The van der Waals surface area contributed by atoms with E-state index in [1.54, 1.807) is 32.3 Å². The Bertz CT molecular complexity index is 336.